The van der Waals surface area contributed by atoms with Gasteiger partial charge >= 0.3 is 11.9 Å². The predicted molar refractivity (Wildman–Crippen MR) is 48.2 cm³/mol. The van der Waals surface area contributed by atoms with Crippen molar-refractivity contribution in [1.82, 2.24) is 0 Å². The van der Waals surface area contributed by atoms with E-state index in [1.54, 1.807) is 0 Å². The van der Waals surface area contributed by atoms with Gasteiger partial charge in [0, 0.05) is 16.5 Å². The molecule has 0 aliphatic rings. The van der Waals surface area contributed by atoms with Crippen molar-refractivity contribution in [1.29, 1.82) is 10.8 Å². The summed E-state index contributed by atoms with van der Waals surface area (Å²) < 4.78 is 0. The summed E-state index contributed by atoms with van der Waals surface area (Å²) in [6.45, 7) is 0. The Labute approximate surface area is 84.2 Å². The molecule has 7 nitrogen and oxygen atoms in total. The highest BCUT2D eigenvalue weighted by Gasteiger charge is 2.15. The van der Waals surface area contributed by atoms with Crippen molar-refractivity contribution in [3.8, 4) is 0 Å². The maximum Gasteiger partial charge on any atom is 0.336 e. The van der Waals surface area contributed by atoms with Crippen molar-refractivity contribution >= 4 is 17.6 Å². The van der Waals surface area contributed by atoms with E-state index in [0.29, 0.717) is 0 Å². The van der Waals surface area contributed by atoms with Crippen LogP contribution < -0.4 is 5.73 Å². The average molecular weight is 209 g/mol. The van der Waals surface area contributed by atoms with E-state index in [0.717, 1.165) is 6.07 Å². The molecule has 4 N–H and O–H groups in total. The zero-order valence-electron chi connectivity index (χ0n) is 7.41. The van der Waals surface area contributed by atoms with Crippen LogP contribution in [0.2, 0.25) is 0 Å². The smallest absolute Gasteiger partial charge is 0.336 e. The summed E-state index contributed by atoms with van der Waals surface area (Å²) in [6.07, 6.45) is 0. The fraction of sp³-hybridized carbons (Fsp3) is 0. The molecule has 1 aromatic rings. The normalized spacial score (nSPS) is 8.40. The Hall–Kier alpha value is -2.62. The van der Waals surface area contributed by atoms with Crippen LogP contribution in [0.15, 0.2) is 18.2 Å². The highest BCUT2D eigenvalue weighted by Crippen LogP contribution is 2.13. The van der Waals surface area contributed by atoms with Crippen LogP contribution in [0.1, 0.15) is 20.7 Å². The molecular formula is C8H7N3O4. The Balaban J connectivity index is 0.000000921. The largest absolute Gasteiger partial charge is 0.478 e. The Kier molecular flexibility index (Phi) is 4.28. The van der Waals surface area contributed by atoms with E-state index in [9.17, 15) is 9.59 Å². The van der Waals surface area contributed by atoms with Gasteiger partial charge in [-0.05, 0) is 18.2 Å². The number of nitrogens with zero attached hydrogens (tertiary/aromatic N) is 2. The number of benzene rings is 1. The number of rotatable bonds is 2. The van der Waals surface area contributed by atoms with Gasteiger partial charge in [-0.2, -0.15) is 0 Å². The monoisotopic (exact) mass is 209 g/mol. The van der Waals surface area contributed by atoms with E-state index in [2.05, 4.69) is 0 Å². The van der Waals surface area contributed by atoms with Gasteiger partial charge in [-0.25, -0.2) is 9.59 Å². The van der Waals surface area contributed by atoms with Crippen LogP contribution in [0.5, 0.6) is 0 Å². The molecule has 0 amide bonds. The van der Waals surface area contributed by atoms with Gasteiger partial charge in [0.1, 0.15) is 0 Å². The molecule has 0 aliphatic heterocycles. The number of aromatic carboxylic acids is 2. The first-order valence-corrected chi connectivity index (χ1v) is 3.58. The quantitative estimate of drug-likeness (QED) is 0.479. The van der Waals surface area contributed by atoms with Crippen molar-refractivity contribution in [3.05, 3.63) is 29.3 Å². The van der Waals surface area contributed by atoms with Crippen molar-refractivity contribution in [2.75, 3.05) is 5.73 Å². The van der Waals surface area contributed by atoms with Crippen LogP contribution in [-0.2, 0) is 0 Å². The van der Waals surface area contributed by atoms with E-state index >= 15 is 0 Å². The molecule has 15 heavy (non-hydrogen) atoms. The van der Waals surface area contributed by atoms with Crippen LogP contribution in [0, 0.1) is 10.8 Å². The van der Waals surface area contributed by atoms with E-state index in [4.69, 9.17) is 26.7 Å². The third kappa shape index (κ3) is 2.96. The van der Waals surface area contributed by atoms with Crippen molar-refractivity contribution < 1.29 is 19.8 Å². The molecule has 0 atom stereocenters. The summed E-state index contributed by atoms with van der Waals surface area (Å²) in [5.41, 5.74) is 4.97. The number of nitrogens with two attached hydrogens (primary N) is 1. The second-order valence-electron chi connectivity index (χ2n) is 2.42. The first kappa shape index (κ1) is 12.4. The van der Waals surface area contributed by atoms with Crippen LogP contribution in [0.25, 0.3) is 0 Å². The fourth-order valence-electron chi connectivity index (χ4n) is 0.925. The van der Waals surface area contributed by atoms with Gasteiger partial charge in [-0.3, -0.25) is 0 Å². The van der Waals surface area contributed by atoms with Gasteiger partial charge in [0.25, 0.3) is 0 Å². The lowest BCUT2D eigenvalue weighted by atomic mass is 10.1. The number of anilines is 1. The molecule has 0 unspecified atom stereocenters. The second-order valence-corrected chi connectivity index (χ2v) is 2.42. The number of carboxylic acid groups (broad SMARTS) is 2. The first-order valence-electron chi connectivity index (χ1n) is 3.58. The van der Waals surface area contributed by atoms with Gasteiger partial charge in [0.15, 0.2) is 0 Å². The summed E-state index contributed by atoms with van der Waals surface area (Å²) in [5, 5.41) is 29.2. The highest BCUT2D eigenvalue weighted by molar-refractivity contribution is 6.02. The number of hydrogen-bond donors (Lipinski definition) is 3. The van der Waals surface area contributed by atoms with Crippen molar-refractivity contribution in [3.63, 3.8) is 0 Å². The van der Waals surface area contributed by atoms with E-state index in [-0.39, 0.29) is 16.8 Å². The molecule has 1 rings (SSSR count). The molecule has 0 bridgehead atoms. The van der Waals surface area contributed by atoms with Crippen molar-refractivity contribution in [2.24, 2.45) is 0 Å². The van der Waals surface area contributed by atoms with Gasteiger partial charge in [0.2, 0.25) is 0 Å². The lowest BCUT2D eigenvalue weighted by Gasteiger charge is -2.01. The second kappa shape index (κ2) is 5.18. The number of carbonyl (C=O) groups is 2. The van der Waals surface area contributed by atoms with E-state index < -0.39 is 11.9 Å². The van der Waals surface area contributed by atoms with Crippen LogP contribution >= 0.6 is 0 Å². The standard InChI is InChI=1S/C8H7NO4.N2/c9-4-1-2-5(7(10)11)6(3-4)8(12)13;1-2/h1-3H,9H2,(H,10,11)(H,12,13);. The molecule has 1 aromatic carbocycles. The first-order chi connectivity index (χ1) is 7.02. The molecule has 0 saturated carbocycles. The molecule has 7 heteroatoms. The lowest BCUT2D eigenvalue weighted by molar-refractivity contribution is 0.0651. The summed E-state index contributed by atoms with van der Waals surface area (Å²) in [5.74, 6) is -2.58. The van der Waals surface area contributed by atoms with Gasteiger partial charge in [-0.1, -0.05) is 0 Å². The molecule has 0 fully saturated rings. The zero-order chi connectivity index (χ0) is 12.0. The summed E-state index contributed by atoms with van der Waals surface area (Å²) in [4.78, 5) is 21.1. The van der Waals surface area contributed by atoms with Gasteiger partial charge in [-0.15, -0.1) is 0 Å². The Morgan fingerprint density at radius 1 is 1.07 bits per heavy atom. The Morgan fingerprint density at radius 3 is 1.93 bits per heavy atom. The van der Waals surface area contributed by atoms with E-state index in [1.807, 2.05) is 0 Å². The predicted octanol–water partition coefficient (Wildman–Crippen LogP) is 0.695. The maximum atomic E-state index is 10.6. The fourth-order valence-corrected chi connectivity index (χ4v) is 0.925. The molecule has 78 valence electrons. The molecule has 0 saturated heterocycles. The SMILES string of the molecule is N#N.Nc1ccc(C(=O)O)c(C(=O)O)c1. The Morgan fingerprint density at radius 2 is 1.53 bits per heavy atom. The summed E-state index contributed by atoms with van der Waals surface area (Å²) in [7, 11) is 0. The number of hydrogen-bond acceptors (Lipinski definition) is 5. The minimum Gasteiger partial charge on any atom is -0.478 e. The maximum absolute atomic E-state index is 10.6. The number of nitrogen functional groups attached to an aromatic ring is 1. The molecule has 0 spiro atoms. The third-order valence-corrected chi connectivity index (χ3v) is 1.50. The van der Waals surface area contributed by atoms with E-state index in [1.165, 1.54) is 12.1 Å². The molecule has 0 radical (unpaired) electrons. The molecular weight excluding hydrogens is 202 g/mol. The lowest BCUT2D eigenvalue weighted by Crippen LogP contribution is -2.08. The van der Waals surface area contributed by atoms with Crippen molar-refractivity contribution in [2.45, 2.75) is 0 Å². The average Bonchev–Trinajstić information content (AvgIpc) is 2.20. The molecule has 0 heterocycles. The van der Waals surface area contributed by atoms with Gasteiger partial charge in [0.05, 0.1) is 11.1 Å². The van der Waals surface area contributed by atoms with Crippen LogP contribution in [0.3, 0.4) is 0 Å². The summed E-state index contributed by atoms with van der Waals surface area (Å²) in [6, 6.07) is 3.63. The minimum absolute atomic E-state index is 0.224. The molecule has 0 aromatic heterocycles. The topological polar surface area (TPSA) is 148 Å². The molecule has 0 aliphatic carbocycles. The highest BCUT2D eigenvalue weighted by atomic mass is 16.4. The summed E-state index contributed by atoms with van der Waals surface area (Å²) >= 11 is 0. The Bertz CT molecular complexity index is 414. The third-order valence-electron chi connectivity index (χ3n) is 1.50. The number of carboxylic acids is 2. The minimum atomic E-state index is -1.30. The van der Waals surface area contributed by atoms with Crippen LogP contribution in [-0.4, -0.2) is 22.2 Å². The zero-order valence-corrected chi connectivity index (χ0v) is 7.41. The van der Waals surface area contributed by atoms with Gasteiger partial charge < -0.3 is 15.9 Å². The van der Waals surface area contributed by atoms with Crippen LogP contribution in [0.4, 0.5) is 5.69 Å².